The highest BCUT2D eigenvalue weighted by atomic mass is 127. The molecule has 0 aliphatic carbocycles. The SMILES string of the molecule is Cc1ccc(-n2nnnc2SCC(=O)Nc2ccccc2I)cc1. The fourth-order valence-corrected chi connectivity index (χ4v) is 3.21. The number of nitrogens with zero attached hydrogens (tertiary/aromatic N) is 4. The maximum absolute atomic E-state index is 12.1. The molecule has 0 atom stereocenters. The van der Waals surface area contributed by atoms with Gasteiger partial charge in [0.1, 0.15) is 0 Å². The van der Waals surface area contributed by atoms with Crippen LogP contribution in [0.15, 0.2) is 53.7 Å². The third-order valence-electron chi connectivity index (χ3n) is 3.20. The number of para-hydroxylation sites is 1. The van der Waals surface area contributed by atoms with E-state index >= 15 is 0 Å². The van der Waals surface area contributed by atoms with Crippen LogP contribution in [0.2, 0.25) is 0 Å². The average molecular weight is 451 g/mol. The van der Waals surface area contributed by atoms with Gasteiger partial charge in [0.05, 0.1) is 17.1 Å². The molecule has 3 aromatic rings. The van der Waals surface area contributed by atoms with Crippen LogP contribution < -0.4 is 5.32 Å². The quantitative estimate of drug-likeness (QED) is 0.476. The lowest BCUT2D eigenvalue weighted by atomic mass is 10.2. The van der Waals surface area contributed by atoms with Crippen molar-refractivity contribution >= 4 is 45.9 Å². The Kier molecular flexibility index (Phi) is 5.46. The van der Waals surface area contributed by atoms with Crippen molar-refractivity contribution < 1.29 is 4.79 Å². The van der Waals surface area contributed by atoms with Gasteiger partial charge in [-0.3, -0.25) is 4.79 Å². The third-order valence-corrected chi connectivity index (χ3v) is 5.06. The van der Waals surface area contributed by atoms with E-state index in [2.05, 4.69) is 43.4 Å². The van der Waals surface area contributed by atoms with Crippen LogP contribution in [0.4, 0.5) is 5.69 Å². The zero-order valence-electron chi connectivity index (χ0n) is 12.8. The molecule has 3 rings (SSSR count). The number of benzene rings is 2. The van der Waals surface area contributed by atoms with E-state index < -0.39 is 0 Å². The summed E-state index contributed by atoms with van der Waals surface area (Å²) < 4.78 is 2.63. The van der Waals surface area contributed by atoms with Crippen LogP contribution in [0.5, 0.6) is 0 Å². The maximum atomic E-state index is 12.1. The van der Waals surface area contributed by atoms with Gasteiger partial charge in [0, 0.05) is 3.57 Å². The van der Waals surface area contributed by atoms with E-state index in [1.807, 2.05) is 55.5 Å². The second kappa shape index (κ2) is 7.75. The molecule has 0 radical (unpaired) electrons. The van der Waals surface area contributed by atoms with Crippen molar-refractivity contribution in [2.75, 3.05) is 11.1 Å². The Labute approximate surface area is 157 Å². The molecule has 0 saturated heterocycles. The predicted octanol–water partition coefficient (Wildman–Crippen LogP) is 3.31. The van der Waals surface area contributed by atoms with Crippen molar-refractivity contribution in [1.29, 1.82) is 0 Å². The zero-order valence-corrected chi connectivity index (χ0v) is 15.8. The first kappa shape index (κ1) is 16.9. The molecule has 0 unspecified atom stereocenters. The summed E-state index contributed by atoms with van der Waals surface area (Å²) in [4.78, 5) is 12.1. The standard InChI is InChI=1S/C16H14IN5OS/c1-11-6-8-12(9-7-11)22-16(19-20-21-22)24-10-15(23)18-14-5-3-2-4-13(14)17/h2-9H,10H2,1H3,(H,18,23). The van der Waals surface area contributed by atoms with Gasteiger partial charge in [-0.1, -0.05) is 41.6 Å². The Balaban J connectivity index is 1.65. The third kappa shape index (κ3) is 4.12. The van der Waals surface area contributed by atoms with Gasteiger partial charge in [-0.05, 0) is 64.2 Å². The fraction of sp³-hybridized carbons (Fsp3) is 0.125. The van der Waals surface area contributed by atoms with Crippen LogP contribution in [0.3, 0.4) is 0 Å². The van der Waals surface area contributed by atoms with Gasteiger partial charge in [0.2, 0.25) is 11.1 Å². The second-order valence-corrected chi connectivity index (χ2v) is 7.13. The number of aromatic nitrogens is 4. The van der Waals surface area contributed by atoms with Crippen LogP contribution in [-0.2, 0) is 4.79 Å². The first-order valence-corrected chi connectivity index (χ1v) is 9.22. The lowest BCUT2D eigenvalue weighted by Crippen LogP contribution is -2.15. The van der Waals surface area contributed by atoms with Crippen LogP contribution in [0.25, 0.3) is 5.69 Å². The normalized spacial score (nSPS) is 10.6. The van der Waals surface area contributed by atoms with E-state index in [4.69, 9.17) is 0 Å². The fourth-order valence-electron chi connectivity index (χ4n) is 2.00. The molecular formula is C16H14IN5OS. The summed E-state index contributed by atoms with van der Waals surface area (Å²) in [6.45, 7) is 2.02. The van der Waals surface area contributed by atoms with Gasteiger partial charge >= 0.3 is 0 Å². The monoisotopic (exact) mass is 451 g/mol. The molecule has 1 heterocycles. The highest BCUT2D eigenvalue weighted by Gasteiger charge is 2.12. The van der Waals surface area contributed by atoms with Crippen LogP contribution in [0.1, 0.15) is 5.56 Å². The highest BCUT2D eigenvalue weighted by Crippen LogP contribution is 2.20. The predicted molar refractivity (Wildman–Crippen MR) is 102 cm³/mol. The summed E-state index contributed by atoms with van der Waals surface area (Å²) in [7, 11) is 0. The first-order chi connectivity index (χ1) is 11.6. The highest BCUT2D eigenvalue weighted by molar-refractivity contribution is 14.1. The molecule has 0 fully saturated rings. The van der Waals surface area contributed by atoms with Crippen molar-refractivity contribution in [3.05, 3.63) is 57.7 Å². The van der Waals surface area contributed by atoms with Crippen molar-refractivity contribution in [3.8, 4) is 5.69 Å². The number of thioether (sulfide) groups is 1. The van der Waals surface area contributed by atoms with Gasteiger partial charge in [0.15, 0.2) is 0 Å². The van der Waals surface area contributed by atoms with E-state index in [0.717, 1.165) is 20.5 Å². The van der Waals surface area contributed by atoms with Gasteiger partial charge in [-0.15, -0.1) is 5.10 Å². The second-order valence-electron chi connectivity index (χ2n) is 5.03. The Morgan fingerprint density at radius 2 is 1.96 bits per heavy atom. The van der Waals surface area contributed by atoms with Crippen molar-refractivity contribution in [2.45, 2.75) is 12.1 Å². The van der Waals surface area contributed by atoms with E-state index in [1.54, 1.807) is 4.68 Å². The number of amides is 1. The Hall–Kier alpha value is -1.94. The molecular weight excluding hydrogens is 437 g/mol. The number of aryl methyl sites for hydroxylation is 1. The number of anilines is 1. The average Bonchev–Trinajstić information content (AvgIpc) is 3.04. The molecule has 24 heavy (non-hydrogen) atoms. The minimum Gasteiger partial charge on any atom is -0.324 e. The molecule has 0 saturated carbocycles. The lowest BCUT2D eigenvalue weighted by Gasteiger charge is -2.07. The minimum absolute atomic E-state index is 0.0948. The molecule has 1 N–H and O–H groups in total. The van der Waals surface area contributed by atoms with E-state index in [9.17, 15) is 4.79 Å². The molecule has 1 aromatic heterocycles. The van der Waals surface area contributed by atoms with Gasteiger partial charge in [-0.2, -0.15) is 4.68 Å². The zero-order chi connectivity index (χ0) is 16.9. The van der Waals surface area contributed by atoms with E-state index in [-0.39, 0.29) is 11.7 Å². The Morgan fingerprint density at radius 1 is 1.21 bits per heavy atom. The summed E-state index contributed by atoms with van der Waals surface area (Å²) in [6, 6.07) is 15.5. The number of nitrogens with one attached hydrogen (secondary N) is 1. The van der Waals surface area contributed by atoms with Crippen molar-refractivity contribution in [1.82, 2.24) is 20.2 Å². The van der Waals surface area contributed by atoms with Gasteiger partial charge in [0.25, 0.3) is 0 Å². The Bertz CT molecular complexity index is 850. The summed E-state index contributed by atoms with van der Waals surface area (Å²) in [5, 5.41) is 15.2. The largest absolute Gasteiger partial charge is 0.324 e. The van der Waals surface area contributed by atoms with Crippen molar-refractivity contribution in [2.24, 2.45) is 0 Å². The minimum atomic E-state index is -0.0948. The smallest absolute Gasteiger partial charge is 0.234 e. The summed E-state index contributed by atoms with van der Waals surface area (Å²) in [6.07, 6.45) is 0. The Morgan fingerprint density at radius 3 is 2.71 bits per heavy atom. The molecule has 8 heteroatoms. The van der Waals surface area contributed by atoms with Crippen LogP contribution in [-0.4, -0.2) is 31.9 Å². The number of hydrogen-bond donors (Lipinski definition) is 1. The number of carbonyl (C=O) groups excluding carboxylic acids is 1. The molecule has 0 aliphatic rings. The van der Waals surface area contributed by atoms with Crippen LogP contribution in [0, 0.1) is 10.5 Å². The molecule has 122 valence electrons. The maximum Gasteiger partial charge on any atom is 0.234 e. The van der Waals surface area contributed by atoms with E-state index in [1.165, 1.54) is 11.8 Å². The van der Waals surface area contributed by atoms with Gasteiger partial charge < -0.3 is 5.32 Å². The first-order valence-electron chi connectivity index (χ1n) is 7.16. The number of halogens is 1. The van der Waals surface area contributed by atoms with E-state index in [0.29, 0.717) is 5.16 Å². The number of carbonyl (C=O) groups is 1. The molecule has 2 aromatic carbocycles. The summed E-state index contributed by atoms with van der Waals surface area (Å²) >= 11 is 3.49. The van der Waals surface area contributed by atoms with Crippen molar-refractivity contribution in [3.63, 3.8) is 0 Å². The summed E-state index contributed by atoms with van der Waals surface area (Å²) in [5.41, 5.74) is 2.84. The van der Waals surface area contributed by atoms with Crippen LogP contribution >= 0.6 is 34.4 Å². The number of rotatable bonds is 5. The van der Waals surface area contributed by atoms with Gasteiger partial charge in [-0.25, -0.2) is 0 Å². The summed E-state index contributed by atoms with van der Waals surface area (Å²) in [5.74, 6) is 0.139. The molecule has 1 amide bonds. The molecule has 0 aliphatic heterocycles. The number of tetrazole rings is 1. The molecule has 0 spiro atoms. The molecule has 6 nitrogen and oxygen atoms in total. The lowest BCUT2D eigenvalue weighted by molar-refractivity contribution is -0.113. The number of hydrogen-bond acceptors (Lipinski definition) is 5. The molecule has 0 bridgehead atoms. The topological polar surface area (TPSA) is 72.7 Å².